The number of rotatable bonds is 8. The van der Waals surface area contributed by atoms with Gasteiger partial charge in [0.15, 0.2) is 0 Å². The van der Waals surface area contributed by atoms with Crippen molar-refractivity contribution in [3.05, 3.63) is 42.0 Å². The van der Waals surface area contributed by atoms with Gasteiger partial charge in [0.25, 0.3) is 0 Å². The second-order valence-electron chi connectivity index (χ2n) is 4.56. The van der Waals surface area contributed by atoms with Crippen LogP contribution >= 0.6 is 0 Å². The molecule has 0 aliphatic rings. The predicted molar refractivity (Wildman–Crippen MR) is 81.5 cm³/mol. The third-order valence-electron chi connectivity index (χ3n) is 3.09. The molecule has 5 heteroatoms. The van der Waals surface area contributed by atoms with Crippen LogP contribution in [0.3, 0.4) is 0 Å². The van der Waals surface area contributed by atoms with Crippen molar-refractivity contribution in [2.75, 3.05) is 20.8 Å². The molecule has 0 N–H and O–H groups in total. The molecule has 4 nitrogen and oxygen atoms in total. The van der Waals surface area contributed by atoms with E-state index >= 15 is 0 Å². The molecular formula is C15H22O4Si. The monoisotopic (exact) mass is 294 g/mol. The highest BCUT2D eigenvalue weighted by Crippen LogP contribution is 2.13. The zero-order chi connectivity index (χ0) is 14.8. The van der Waals surface area contributed by atoms with Crippen LogP contribution in [0.2, 0.25) is 12.6 Å². The highest BCUT2D eigenvalue weighted by molar-refractivity contribution is 6.65. The van der Waals surface area contributed by atoms with Gasteiger partial charge in [-0.25, -0.2) is 4.79 Å². The molecule has 0 spiro atoms. The molecule has 0 aromatic heterocycles. The van der Waals surface area contributed by atoms with Crippen molar-refractivity contribution in [2.45, 2.75) is 19.0 Å². The van der Waals surface area contributed by atoms with Crippen LogP contribution in [0.15, 0.2) is 36.4 Å². The van der Waals surface area contributed by atoms with E-state index in [0.29, 0.717) is 6.61 Å². The minimum atomic E-state index is -2.05. The lowest BCUT2D eigenvalue weighted by atomic mass is 10.2. The summed E-state index contributed by atoms with van der Waals surface area (Å²) in [4.78, 5) is 11.5. The quantitative estimate of drug-likeness (QED) is 0.320. The number of ether oxygens (including phenoxy) is 1. The van der Waals surface area contributed by atoms with E-state index in [4.69, 9.17) is 13.6 Å². The largest absolute Gasteiger partial charge is 0.463 e. The lowest BCUT2D eigenvalue weighted by Crippen LogP contribution is -2.36. The second-order valence-corrected chi connectivity index (χ2v) is 8.14. The molecule has 1 aromatic carbocycles. The van der Waals surface area contributed by atoms with Gasteiger partial charge >= 0.3 is 14.5 Å². The number of carbonyl (C=O) groups is 1. The van der Waals surface area contributed by atoms with Crippen molar-refractivity contribution in [3.8, 4) is 0 Å². The van der Waals surface area contributed by atoms with Gasteiger partial charge in [0.05, 0.1) is 6.61 Å². The Hall–Kier alpha value is -1.43. The van der Waals surface area contributed by atoms with Gasteiger partial charge in [0, 0.05) is 20.3 Å². The molecule has 0 aliphatic heterocycles. The summed E-state index contributed by atoms with van der Waals surface area (Å²) in [6.45, 7) is 2.37. The summed E-state index contributed by atoms with van der Waals surface area (Å²) in [6.07, 6.45) is 3.93. The van der Waals surface area contributed by atoms with Crippen LogP contribution in [0, 0.1) is 0 Å². The summed E-state index contributed by atoms with van der Waals surface area (Å²) in [5.41, 5.74) is 0.975. The Balaban J connectivity index is 2.26. The van der Waals surface area contributed by atoms with Crippen molar-refractivity contribution in [3.63, 3.8) is 0 Å². The Morgan fingerprint density at radius 2 is 1.85 bits per heavy atom. The standard InChI is InChI=1S/C15H22O4Si/c1-17-20(3,18-2)13-7-12-19-15(16)11-10-14-8-5-4-6-9-14/h4-6,8-11H,7,12-13H2,1-3H3/b11-10+. The molecule has 0 aliphatic carbocycles. The van der Waals surface area contributed by atoms with E-state index in [1.165, 1.54) is 6.08 Å². The van der Waals surface area contributed by atoms with Crippen molar-refractivity contribution in [1.82, 2.24) is 0 Å². The summed E-state index contributed by atoms with van der Waals surface area (Å²) in [7, 11) is 1.26. The number of benzene rings is 1. The van der Waals surface area contributed by atoms with Crippen LogP contribution in [-0.4, -0.2) is 35.4 Å². The van der Waals surface area contributed by atoms with E-state index < -0.39 is 8.56 Å². The first-order chi connectivity index (χ1) is 9.59. The summed E-state index contributed by atoms with van der Waals surface area (Å²) >= 11 is 0. The van der Waals surface area contributed by atoms with Gasteiger partial charge in [-0.1, -0.05) is 30.3 Å². The molecule has 0 saturated carbocycles. The van der Waals surface area contributed by atoms with Crippen LogP contribution in [0.1, 0.15) is 12.0 Å². The molecule has 20 heavy (non-hydrogen) atoms. The van der Waals surface area contributed by atoms with E-state index in [0.717, 1.165) is 18.0 Å². The third-order valence-corrected chi connectivity index (χ3v) is 6.08. The lowest BCUT2D eigenvalue weighted by Gasteiger charge is -2.22. The van der Waals surface area contributed by atoms with E-state index in [-0.39, 0.29) is 5.97 Å². The minimum absolute atomic E-state index is 0.327. The maximum absolute atomic E-state index is 11.5. The van der Waals surface area contributed by atoms with Crippen molar-refractivity contribution in [1.29, 1.82) is 0 Å². The third kappa shape index (κ3) is 6.14. The molecule has 0 bridgehead atoms. The predicted octanol–water partition coefficient (Wildman–Crippen LogP) is 3.00. The Labute approximate surface area is 121 Å². The zero-order valence-corrected chi connectivity index (χ0v) is 13.3. The van der Waals surface area contributed by atoms with Gasteiger partial charge in [0.1, 0.15) is 0 Å². The fourth-order valence-electron chi connectivity index (χ4n) is 1.63. The summed E-state index contributed by atoms with van der Waals surface area (Å²) in [5, 5.41) is 0. The molecule has 1 aromatic rings. The number of esters is 1. The SMILES string of the molecule is CO[Si](C)(CCCOC(=O)/C=C/c1ccccc1)OC. The Kier molecular flexibility index (Phi) is 7.21. The average Bonchev–Trinajstić information content (AvgIpc) is 2.50. The summed E-state index contributed by atoms with van der Waals surface area (Å²) in [6, 6.07) is 10.4. The van der Waals surface area contributed by atoms with Crippen LogP contribution in [0.25, 0.3) is 6.08 Å². The molecule has 1 rings (SSSR count). The Bertz CT molecular complexity index is 427. The zero-order valence-electron chi connectivity index (χ0n) is 12.3. The van der Waals surface area contributed by atoms with Gasteiger partial charge in [-0.3, -0.25) is 0 Å². The van der Waals surface area contributed by atoms with Gasteiger partial charge < -0.3 is 13.6 Å². The maximum Gasteiger partial charge on any atom is 0.334 e. The van der Waals surface area contributed by atoms with Crippen LogP contribution in [-0.2, 0) is 18.4 Å². The second kappa shape index (κ2) is 8.68. The molecule has 110 valence electrons. The minimum Gasteiger partial charge on any atom is -0.463 e. The first kappa shape index (κ1) is 16.6. The highest BCUT2D eigenvalue weighted by atomic mass is 28.4. The van der Waals surface area contributed by atoms with Gasteiger partial charge in [0.2, 0.25) is 0 Å². The van der Waals surface area contributed by atoms with Gasteiger partial charge in [-0.15, -0.1) is 0 Å². The van der Waals surface area contributed by atoms with E-state index in [9.17, 15) is 4.79 Å². The highest BCUT2D eigenvalue weighted by Gasteiger charge is 2.27. The van der Waals surface area contributed by atoms with Crippen LogP contribution < -0.4 is 0 Å². The van der Waals surface area contributed by atoms with Crippen molar-refractivity contribution < 1.29 is 18.4 Å². The average molecular weight is 294 g/mol. The van der Waals surface area contributed by atoms with E-state index in [1.54, 1.807) is 20.3 Å². The van der Waals surface area contributed by atoms with Gasteiger partial charge in [-0.05, 0) is 30.7 Å². The molecule has 0 fully saturated rings. The first-order valence-electron chi connectivity index (χ1n) is 6.60. The fourth-order valence-corrected chi connectivity index (χ4v) is 2.99. The molecule has 0 radical (unpaired) electrons. The molecule has 0 atom stereocenters. The fraction of sp³-hybridized carbons (Fsp3) is 0.400. The van der Waals surface area contributed by atoms with Crippen molar-refractivity contribution in [2.24, 2.45) is 0 Å². The summed E-state index contributed by atoms with van der Waals surface area (Å²) in [5.74, 6) is -0.327. The van der Waals surface area contributed by atoms with E-state index in [2.05, 4.69) is 0 Å². The van der Waals surface area contributed by atoms with E-state index in [1.807, 2.05) is 36.9 Å². The molecule has 0 amide bonds. The van der Waals surface area contributed by atoms with Crippen LogP contribution in [0.4, 0.5) is 0 Å². The normalized spacial score (nSPS) is 11.8. The molecule has 0 heterocycles. The number of hydrogen-bond acceptors (Lipinski definition) is 4. The Morgan fingerprint density at radius 3 is 2.45 bits per heavy atom. The molecule has 0 saturated heterocycles. The lowest BCUT2D eigenvalue weighted by molar-refractivity contribution is -0.137. The number of hydrogen-bond donors (Lipinski definition) is 0. The number of carbonyl (C=O) groups excluding carboxylic acids is 1. The van der Waals surface area contributed by atoms with Crippen LogP contribution in [0.5, 0.6) is 0 Å². The van der Waals surface area contributed by atoms with Crippen molar-refractivity contribution >= 4 is 20.6 Å². The maximum atomic E-state index is 11.5. The first-order valence-corrected chi connectivity index (χ1v) is 9.12. The molecular weight excluding hydrogens is 272 g/mol. The van der Waals surface area contributed by atoms with Gasteiger partial charge in [-0.2, -0.15) is 0 Å². The molecule has 0 unspecified atom stereocenters. The summed E-state index contributed by atoms with van der Waals surface area (Å²) < 4.78 is 15.9. The Morgan fingerprint density at radius 1 is 1.20 bits per heavy atom. The topological polar surface area (TPSA) is 44.8 Å². The smallest absolute Gasteiger partial charge is 0.334 e.